The van der Waals surface area contributed by atoms with Gasteiger partial charge in [-0.1, -0.05) is 25.1 Å². The van der Waals surface area contributed by atoms with Crippen molar-refractivity contribution in [3.8, 4) is 17.2 Å². The number of benzene rings is 2. The number of rotatable bonds is 6. The summed E-state index contributed by atoms with van der Waals surface area (Å²) in [6, 6.07) is 11.5. The monoisotopic (exact) mass is 341 g/mol. The fraction of sp³-hybridized carbons (Fsp3) is 0.350. The van der Waals surface area contributed by atoms with Crippen molar-refractivity contribution in [2.75, 3.05) is 6.79 Å². The topological polar surface area (TPSA) is 56.8 Å². The molecule has 2 aromatic rings. The van der Waals surface area contributed by atoms with E-state index < -0.39 is 6.10 Å². The maximum Gasteiger partial charge on any atom is 0.261 e. The maximum atomic E-state index is 12.5. The molecule has 0 saturated heterocycles. The van der Waals surface area contributed by atoms with Gasteiger partial charge in [-0.2, -0.15) is 0 Å². The van der Waals surface area contributed by atoms with Gasteiger partial charge in [-0.15, -0.1) is 0 Å². The highest BCUT2D eigenvalue weighted by Gasteiger charge is 2.20. The SMILES string of the molecule is CCC(Oc1cccc(C)c1C)C(=O)NCc1ccc2c(c1)OCO2. The molecule has 1 aliphatic heterocycles. The molecule has 1 unspecified atom stereocenters. The smallest absolute Gasteiger partial charge is 0.261 e. The first-order valence-electron chi connectivity index (χ1n) is 8.47. The van der Waals surface area contributed by atoms with Gasteiger partial charge in [-0.05, 0) is 55.2 Å². The standard InChI is InChI=1S/C20H23NO4/c1-4-16(25-17-7-5-6-13(2)14(17)3)20(22)21-11-15-8-9-18-19(10-15)24-12-23-18/h5-10,16H,4,11-12H2,1-3H3,(H,21,22). The summed E-state index contributed by atoms with van der Waals surface area (Å²) in [7, 11) is 0. The number of aryl methyl sites for hydroxylation is 1. The highest BCUT2D eigenvalue weighted by atomic mass is 16.7. The number of carbonyl (C=O) groups excluding carboxylic acids is 1. The van der Waals surface area contributed by atoms with Crippen molar-refractivity contribution < 1.29 is 19.0 Å². The van der Waals surface area contributed by atoms with Gasteiger partial charge in [0.1, 0.15) is 5.75 Å². The number of fused-ring (bicyclic) bond motifs is 1. The van der Waals surface area contributed by atoms with Gasteiger partial charge in [-0.3, -0.25) is 4.79 Å². The third-order valence-corrected chi connectivity index (χ3v) is 4.39. The summed E-state index contributed by atoms with van der Waals surface area (Å²) >= 11 is 0. The lowest BCUT2D eigenvalue weighted by atomic mass is 10.1. The maximum absolute atomic E-state index is 12.5. The zero-order valence-electron chi connectivity index (χ0n) is 14.8. The van der Waals surface area contributed by atoms with Gasteiger partial charge in [0.15, 0.2) is 17.6 Å². The van der Waals surface area contributed by atoms with Crippen LogP contribution in [0.3, 0.4) is 0 Å². The summed E-state index contributed by atoms with van der Waals surface area (Å²) in [5.41, 5.74) is 3.16. The van der Waals surface area contributed by atoms with E-state index in [9.17, 15) is 4.79 Å². The van der Waals surface area contributed by atoms with Crippen molar-refractivity contribution in [2.24, 2.45) is 0 Å². The second-order valence-corrected chi connectivity index (χ2v) is 6.12. The summed E-state index contributed by atoms with van der Waals surface area (Å²) in [5, 5.41) is 2.94. The summed E-state index contributed by atoms with van der Waals surface area (Å²) in [4.78, 5) is 12.5. The Labute approximate surface area is 147 Å². The van der Waals surface area contributed by atoms with Gasteiger partial charge < -0.3 is 19.5 Å². The number of ether oxygens (including phenoxy) is 3. The van der Waals surface area contributed by atoms with E-state index in [4.69, 9.17) is 14.2 Å². The lowest BCUT2D eigenvalue weighted by Gasteiger charge is -2.19. The second kappa shape index (κ2) is 7.47. The van der Waals surface area contributed by atoms with Crippen LogP contribution in [-0.4, -0.2) is 18.8 Å². The van der Waals surface area contributed by atoms with Gasteiger partial charge in [0, 0.05) is 6.54 Å². The first-order valence-corrected chi connectivity index (χ1v) is 8.47. The molecule has 1 aliphatic rings. The molecule has 0 bridgehead atoms. The highest BCUT2D eigenvalue weighted by molar-refractivity contribution is 5.81. The van der Waals surface area contributed by atoms with E-state index in [1.54, 1.807) is 0 Å². The summed E-state index contributed by atoms with van der Waals surface area (Å²) in [6.45, 7) is 6.63. The van der Waals surface area contributed by atoms with E-state index in [0.717, 1.165) is 28.2 Å². The molecule has 132 valence electrons. The Morgan fingerprint density at radius 1 is 1.20 bits per heavy atom. The number of nitrogens with one attached hydrogen (secondary N) is 1. The summed E-state index contributed by atoms with van der Waals surface area (Å²) in [6.07, 6.45) is 0.0786. The Morgan fingerprint density at radius 3 is 2.80 bits per heavy atom. The van der Waals surface area contributed by atoms with Gasteiger partial charge >= 0.3 is 0 Å². The third-order valence-electron chi connectivity index (χ3n) is 4.39. The van der Waals surface area contributed by atoms with Crippen LogP contribution in [0.2, 0.25) is 0 Å². The van der Waals surface area contributed by atoms with Crippen molar-refractivity contribution in [2.45, 2.75) is 39.8 Å². The van der Waals surface area contributed by atoms with Crippen LogP contribution in [0.4, 0.5) is 0 Å². The number of hydrogen-bond acceptors (Lipinski definition) is 4. The highest BCUT2D eigenvalue weighted by Crippen LogP contribution is 2.32. The van der Waals surface area contributed by atoms with Crippen molar-refractivity contribution in [3.63, 3.8) is 0 Å². The predicted octanol–water partition coefficient (Wildman–Crippen LogP) is 3.51. The van der Waals surface area contributed by atoms with Gasteiger partial charge in [0.05, 0.1) is 0 Å². The summed E-state index contributed by atoms with van der Waals surface area (Å²) in [5.74, 6) is 2.08. The molecule has 1 amide bonds. The molecule has 0 radical (unpaired) electrons. The average Bonchev–Trinajstić information content (AvgIpc) is 3.08. The minimum atomic E-state index is -0.519. The van der Waals surface area contributed by atoms with Gasteiger partial charge in [-0.25, -0.2) is 0 Å². The van der Waals surface area contributed by atoms with Crippen LogP contribution >= 0.6 is 0 Å². The molecule has 0 aliphatic carbocycles. The van der Waals surface area contributed by atoms with E-state index in [1.807, 2.05) is 57.2 Å². The van der Waals surface area contributed by atoms with Crippen LogP contribution < -0.4 is 19.5 Å². The molecule has 2 aromatic carbocycles. The van der Waals surface area contributed by atoms with E-state index in [2.05, 4.69) is 5.32 Å². The first kappa shape index (κ1) is 17.1. The molecule has 5 nitrogen and oxygen atoms in total. The van der Waals surface area contributed by atoms with Crippen LogP contribution in [0.5, 0.6) is 17.2 Å². The van der Waals surface area contributed by atoms with Crippen molar-refractivity contribution in [3.05, 3.63) is 53.1 Å². The van der Waals surface area contributed by atoms with Gasteiger partial charge in [0.2, 0.25) is 6.79 Å². The zero-order valence-corrected chi connectivity index (χ0v) is 14.8. The van der Waals surface area contributed by atoms with E-state index >= 15 is 0 Å². The Balaban J connectivity index is 1.61. The van der Waals surface area contributed by atoms with E-state index in [0.29, 0.717) is 18.7 Å². The van der Waals surface area contributed by atoms with Crippen molar-refractivity contribution in [1.29, 1.82) is 0 Å². The number of carbonyl (C=O) groups is 1. The fourth-order valence-electron chi connectivity index (χ4n) is 2.68. The molecule has 5 heteroatoms. The van der Waals surface area contributed by atoms with E-state index in [-0.39, 0.29) is 12.7 Å². The normalized spacial score (nSPS) is 13.4. The Bertz CT molecular complexity index is 772. The fourth-order valence-corrected chi connectivity index (χ4v) is 2.68. The van der Waals surface area contributed by atoms with Crippen LogP contribution in [-0.2, 0) is 11.3 Å². The van der Waals surface area contributed by atoms with Crippen LogP contribution in [0, 0.1) is 13.8 Å². The molecule has 0 aromatic heterocycles. The van der Waals surface area contributed by atoms with Crippen molar-refractivity contribution >= 4 is 5.91 Å². The van der Waals surface area contributed by atoms with Gasteiger partial charge in [0.25, 0.3) is 5.91 Å². The van der Waals surface area contributed by atoms with Crippen molar-refractivity contribution in [1.82, 2.24) is 5.32 Å². The molecule has 25 heavy (non-hydrogen) atoms. The molecular formula is C20H23NO4. The Morgan fingerprint density at radius 2 is 2.00 bits per heavy atom. The first-order chi connectivity index (χ1) is 12.1. The Hall–Kier alpha value is -2.69. The molecule has 0 spiro atoms. The molecular weight excluding hydrogens is 318 g/mol. The lowest BCUT2D eigenvalue weighted by molar-refractivity contribution is -0.128. The quantitative estimate of drug-likeness (QED) is 0.874. The Kier molecular flexibility index (Phi) is 5.12. The predicted molar refractivity (Wildman–Crippen MR) is 95.0 cm³/mol. The van der Waals surface area contributed by atoms with E-state index in [1.165, 1.54) is 0 Å². The largest absolute Gasteiger partial charge is 0.480 e. The summed E-state index contributed by atoms with van der Waals surface area (Å²) < 4.78 is 16.6. The minimum absolute atomic E-state index is 0.124. The number of amides is 1. The van der Waals surface area contributed by atoms with Crippen LogP contribution in [0.15, 0.2) is 36.4 Å². The second-order valence-electron chi connectivity index (χ2n) is 6.12. The lowest BCUT2D eigenvalue weighted by Crippen LogP contribution is -2.37. The molecule has 1 heterocycles. The van der Waals surface area contributed by atoms with Crippen LogP contribution in [0.25, 0.3) is 0 Å². The third kappa shape index (κ3) is 3.87. The molecule has 0 fully saturated rings. The molecule has 1 atom stereocenters. The molecule has 3 rings (SSSR count). The average molecular weight is 341 g/mol. The van der Waals surface area contributed by atoms with Crippen LogP contribution in [0.1, 0.15) is 30.0 Å². The zero-order chi connectivity index (χ0) is 17.8. The molecule has 0 saturated carbocycles. The molecule has 1 N–H and O–H groups in total. The minimum Gasteiger partial charge on any atom is -0.480 e. The number of hydrogen-bond donors (Lipinski definition) is 1.